The van der Waals surface area contributed by atoms with Crippen molar-refractivity contribution in [3.05, 3.63) is 66.7 Å². The molecule has 3 heteroatoms. The van der Waals surface area contributed by atoms with Gasteiger partial charge >= 0.3 is 0 Å². The third kappa shape index (κ3) is 3.55. The van der Waals surface area contributed by atoms with Crippen LogP contribution in [0.4, 0.5) is 5.69 Å². The average Bonchev–Trinajstić information content (AvgIpc) is 2.57. The minimum Gasteiger partial charge on any atom is -0.457 e. The van der Waals surface area contributed by atoms with Gasteiger partial charge in [0.2, 0.25) is 0 Å². The predicted molar refractivity (Wildman–Crippen MR) is 96.8 cm³/mol. The fourth-order valence-electron chi connectivity index (χ4n) is 2.24. The van der Waals surface area contributed by atoms with Crippen LogP contribution in [-0.4, -0.2) is 5.75 Å². The summed E-state index contributed by atoms with van der Waals surface area (Å²) in [5.41, 5.74) is 1.10. The maximum atomic E-state index is 6.04. The Morgan fingerprint density at radius 2 is 1.68 bits per heavy atom. The van der Waals surface area contributed by atoms with E-state index in [1.165, 1.54) is 11.8 Å². The molecule has 0 atom stereocenters. The van der Waals surface area contributed by atoms with Crippen molar-refractivity contribution < 1.29 is 4.74 Å². The molecular weight excluding hydrogens is 290 g/mol. The van der Waals surface area contributed by atoms with E-state index < -0.39 is 0 Å². The van der Waals surface area contributed by atoms with Gasteiger partial charge in [0.15, 0.2) is 0 Å². The van der Waals surface area contributed by atoms with Gasteiger partial charge in [-0.3, -0.25) is 0 Å². The summed E-state index contributed by atoms with van der Waals surface area (Å²) >= 11 is 1.73. The Hall–Kier alpha value is -2.13. The second-order valence-electron chi connectivity index (χ2n) is 5.05. The fraction of sp³-hybridized carbons (Fsp3) is 0.158. The number of anilines is 1. The number of benzene rings is 3. The molecule has 0 aliphatic rings. The molecule has 0 spiro atoms. The van der Waals surface area contributed by atoms with Crippen LogP contribution in [0.3, 0.4) is 0 Å². The Kier molecular flexibility index (Phi) is 4.86. The van der Waals surface area contributed by atoms with E-state index in [1.807, 2.05) is 48.5 Å². The van der Waals surface area contributed by atoms with Crippen LogP contribution in [0.1, 0.15) is 13.3 Å². The van der Waals surface area contributed by atoms with Crippen LogP contribution >= 0.6 is 11.9 Å². The predicted octanol–water partition coefficient (Wildman–Crippen LogP) is 6.10. The lowest BCUT2D eigenvalue weighted by atomic mass is 10.1. The molecular formula is C19H19NOS. The SMILES string of the molecule is CCCSNc1ccc(Oc2cccc3ccccc23)cc1. The highest BCUT2D eigenvalue weighted by molar-refractivity contribution is 8.00. The molecule has 0 aromatic heterocycles. The van der Waals surface area contributed by atoms with Gasteiger partial charge in [0, 0.05) is 16.8 Å². The van der Waals surface area contributed by atoms with Crippen molar-refractivity contribution >= 4 is 28.4 Å². The normalized spacial score (nSPS) is 10.6. The molecule has 1 N–H and O–H groups in total. The third-order valence-corrected chi connectivity index (χ3v) is 4.32. The summed E-state index contributed by atoms with van der Waals surface area (Å²) in [5, 5.41) is 2.32. The largest absolute Gasteiger partial charge is 0.457 e. The van der Waals surface area contributed by atoms with Crippen LogP contribution in [0.5, 0.6) is 11.5 Å². The molecule has 0 unspecified atom stereocenters. The lowest BCUT2D eigenvalue weighted by molar-refractivity contribution is 0.488. The molecule has 0 saturated heterocycles. The zero-order valence-electron chi connectivity index (χ0n) is 12.6. The van der Waals surface area contributed by atoms with E-state index in [4.69, 9.17) is 4.74 Å². The summed E-state index contributed by atoms with van der Waals surface area (Å²) in [4.78, 5) is 0. The van der Waals surface area contributed by atoms with Crippen LogP contribution in [-0.2, 0) is 0 Å². The van der Waals surface area contributed by atoms with Gasteiger partial charge in [-0.15, -0.1) is 0 Å². The first-order chi connectivity index (χ1) is 10.9. The minimum absolute atomic E-state index is 0.849. The van der Waals surface area contributed by atoms with E-state index in [1.54, 1.807) is 11.9 Å². The van der Waals surface area contributed by atoms with Crippen LogP contribution in [0, 0.1) is 0 Å². The molecule has 112 valence electrons. The highest BCUT2D eigenvalue weighted by Gasteiger charge is 2.03. The van der Waals surface area contributed by atoms with Gasteiger partial charge in [0.1, 0.15) is 11.5 Å². The summed E-state index contributed by atoms with van der Waals surface area (Å²) in [5.74, 6) is 2.84. The molecule has 0 amide bonds. The minimum atomic E-state index is 0.849. The second kappa shape index (κ2) is 7.23. The molecule has 0 aliphatic carbocycles. The van der Waals surface area contributed by atoms with Gasteiger partial charge in [-0.1, -0.05) is 55.3 Å². The Labute approximate surface area is 135 Å². The van der Waals surface area contributed by atoms with Gasteiger partial charge in [-0.2, -0.15) is 0 Å². The van der Waals surface area contributed by atoms with Crippen molar-refractivity contribution in [1.29, 1.82) is 0 Å². The zero-order chi connectivity index (χ0) is 15.2. The zero-order valence-corrected chi connectivity index (χ0v) is 13.4. The number of nitrogens with one attached hydrogen (secondary N) is 1. The van der Waals surface area contributed by atoms with E-state index in [9.17, 15) is 0 Å². The van der Waals surface area contributed by atoms with Gasteiger partial charge in [-0.25, -0.2) is 0 Å². The second-order valence-corrected chi connectivity index (χ2v) is 5.96. The number of rotatable bonds is 6. The van der Waals surface area contributed by atoms with Crippen molar-refractivity contribution in [3.8, 4) is 11.5 Å². The molecule has 0 saturated carbocycles. The number of hydrogen-bond donors (Lipinski definition) is 1. The lowest BCUT2D eigenvalue weighted by Crippen LogP contribution is -1.89. The molecule has 0 fully saturated rings. The maximum Gasteiger partial charge on any atom is 0.135 e. The Bertz CT molecular complexity index is 735. The van der Waals surface area contributed by atoms with E-state index >= 15 is 0 Å². The quantitative estimate of drug-likeness (QED) is 0.439. The van der Waals surface area contributed by atoms with E-state index in [-0.39, 0.29) is 0 Å². The van der Waals surface area contributed by atoms with Gasteiger partial charge in [0.25, 0.3) is 0 Å². The summed E-state index contributed by atoms with van der Waals surface area (Å²) in [6.45, 7) is 2.18. The molecule has 3 rings (SSSR count). The molecule has 22 heavy (non-hydrogen) atoms. The van der Waals surface area contributed by atoms with Crippen molar-refractivity contribution in [2.45, 2.75) is 13.3 Å². The van der Waals surface area contributed by atoms with E-state index in [0.717, 1.165) is 28.3 Å². The van der Waals surface area contributed by atoms with Gasteiger partial charge < -0.3 is 9.46 Å². The first-order valence-electron chi connectivity index (χ1n) is 7.50. The summed E-state index contributed by atoms with van der Waals surface area (Å²) in [7, 11) is 0. The first-order valence-corrected chi connectivity index (χ1v) is 8.49. The number of ether oxygens (including phenoxy) is 1. The molecule has 2 nitrogen and oxygen atoms in total. The summed E-state index contributed by atoms with van der Waals surface area (Å²) in [6, 6.07) is 22.5. The topological polar surface area (TPSA) is 21.3 Å². The fourth-order valence-corrected chi connectivity index (χ4v) is 2.85. The highest BCUT2D eigenvalue weighted by atomic mass is 32.2. The number of fused-ring (bicyclic) bond motifs is 1. The van der Waals surface area contributed by atoms with Crippen molar-refractivity contribution in [3.63, 3.8) is 0 Å². The van der Waals surface area contributed by atoms with Crippen molar-refractivity contribution in [1.82, 2.24) is 0 Å². The van der Waals surface area contributed by atoms with Crippen LogP contribution in [0.25, 0.3) is 10.8 Å². The first kappa shape index (κ1) is 14.8. The summed E-state index contributed by atoms with van der Waals surface area (Å²) < 4.78 is 9.37. The van der Waals surface area contributed by atoms with Crippen molar-refractivity contribution in [2.75, 3.05) is 10.5 Å². The van der Waals surface area contributed by atoms with Crippen LogP contribution in [0.2, 0.25) is 0 Å². The molecule has 0 bridgehead atoms. The highest BCUT2D eigenvalue weighted by Crippen LogP contribution is 2.30. The summed E-state index contributed by atoms with van der Waals surface area (Å²) in [6.07, 6.45) is 1.17. The van der Waals surface area contributed by atoms with E-state index in [0.29, 0.717) is 0 Å². The third-order valence-electron chi connectivity index (χ3n) is 3.33. The average molecular weight is 309 g/mol. The molecule has 3 aromatic carbocycles. The van der Waals surface area contributed by atoms with Crippen LogP contribution in [0.15, 0.2) is 66.7 Å². The van der Waals surface area contributed by atoms with Gasteiger partial charge in [0.05, 0.1) is 0 Å². The Morgan fingerprint density at radius 1 is 0.909 bits per heavy atom. The van der Waals surface area contributed by atoms with Crippen LogP contribution < -0.4 is 9.46 Å². The molecule has 0 heterocycles. The molecule has 0 aliphatic heterocycles. The Morgan fingerprint density at radius 3 is 2.50 bits per heavy atom. The Balaban J connectivity index is 1.75. The lowest BCUT2D eigenvalue weighted by Gasteiger charge is -2.10. The maximum absolute atomic E-state index is 6.04. The monoisotopic (exact) mass is 309 g/mol. The smallest absolute Gasteiger partial charge is 0.135 e. The number of hydrogen-bond acceptors (Lipinski definition) is 3. The van der Waals surface area contributed by atoms with Crippen molar-refractivity contribution in [2.24, 2.45) is 0 Å². The standard InChI is InChI=1S/C19H19NOS/c1-2-14-22-20-16-10-12-17(13-11-16)21-19-9-5-7-15-6-3-4-8-18(15)19/h3-13,20H,2,14H2,1H3. The molecule has 0 radical (unpaired) electrons. The van der Waals surface area contributed by atoms with Gasteiger partial charge in [-0.05, 0) is 42.1 Å². The molecule has 3 aromatic rings. The van der Waals surface area contributed by atoms with E-state index in [2.05, 4.69) is 29.8 Å².